The van der Waals surface area contributed by atoms with Gasteiger partial charge < -0.3 is 0 Å². The van der Waals surface area contributed by atoms with Crippen molar-refractivity contribution in [3.05, 3.63) is 11.9 Å². The van der Waals surface area contributed by atoms with E-state index in [1.807, 2.05) is 6.20 Å². The first-order chi connectivity index (χ1) is 5.73. The second-order valence-electron chi connectivity index (χ2n) is 3.52. The zero-order valence-electron chi connectivity index (χ0n) is 8.09. The molecule has 0 radical (unpaired) electrons. The van der Waals surface area contributed by atoms with Gasteiger partial charge in [-0.3, -0.25) is 0 Å². The summed E-state index contributed by atoms with van der Waals surface area (Å²) in [5.41, 5.74) is 1.30. The molecule has 3 nitrogen and oxygen atoms in total. The third-order valence-electron chi connectivity index (χ3n) is 2.62. The SMILES string of the molecule is CCCC(C)(CC)c1cn[nH]n1. The average Bonchev–Trinajstić information content (AvgIpc) is 2.57. The molecule has 1 unspecified atom stereocenters. The molecular weight excluding hydrogens is 150 g/mol. The Morgan fingerprint density at radius 2 is 2.25 bits per heavy atom. The highest BCUT2D eigenvalue weighted by molar-refractivity contribution is 5.09. The van der Waals surface area contributed by atoms with Crippen LogP contribution in [0.4, 0.5) is 0 Å². The van der Waals surface area contributed by atoms with Crippen LogP contribution in [0.5, 0.6) is 0 Å². The number of aromatic nitrogens is 3. The molecule has 0 aliphatic carbocycles. The van der Waals surface area contributed by atoms with E-state index in [9.17, 15) is 0 Å². The molecule has 12 heavy (non-hydrogen) atoms. The van der Waals surface area contributed by atoms with Crippen molar-refractivity contribution < 1.29 is 0 Å². The van der Waals surface area contributed by atoms with Gasteiger partial charge in [0.2, 0.25) is 0 Å². The summed E-state index contributed by atoms with van der Waals surface area (Å²) >= 11 is 0. The first-order valence-corrected chi connectivity index (χ1v) is 4.59. The average molecular weight is 167 g/mol. The van der Waals surface area contributed by atoms with Crippen LogP contribution < -0.4 is 0 Å². The van der Waals surface area contributed by atoms with Crippen LogP contribution in [0, 0.1) is 0 Å². The zero-order chi connectivity index (χ0) is 9.03. The van der Waals surface area contributed by atoms with Gasteiger partial charge >= 0.3 is 0 Å². The second-order valence-corrected chi connectivity index (χ2v) is 3.52. The molecule has 0 aliphatic rings. The Bertz CT molecular complexity index is 218. The maximum absolute atomic E-state index is 4.14. The van der Waals surface area contributed by atoms with Gasteiger partial charge in [-0.1, -0.05) is 27.2 Å². The molecule has 1 aromatic rings. The quantitative estimate of drug-likeness (QED) is 0.747. The van der Waals surface area contributed by atoms with Gasteiger partial charge in [0.15, 0.2) is 0 Å². The number of aromatic amines is 1. The van der Waals surface area contributed by atoms with Gasteiger partial charge in [0, 0.05) is 5.41 Å². The Labute approximate surface area is 73.6 Å². The van der Waals surface area contributed by atoms with Gasteiger partial charge in [-0.15, -0.1) is 0 Å². The van der Waals surface area contributed by atoms with Crippen LogP contribution in [0.15, 0.2) is 6.20 Å². The molecule has 0 bridgehead atoms. The van der Waals surface area contributed by atoms with Gasteiger partial charge in [-0.2, -0.15) is 15.4 Å². The highest BCUT2D eigenvalue weighted by Gasteiger charge is 2.25. The molecule has 0 fully saturated rings. The minimum absolute atomic E-state index is 0.210. The van der Waals surface area contributed by atoms with Gasteiger partial charge in [-0.25, -0.2) is 0 Å². The van der Waals surface area contributed by atoms with E-state index in [1.165, 1.54) is 12.8 Å². The normalized spacial score (nSPS) is 15.9. The number of nitrogens with zero attached hydrogens (tertiary/aromatic N) is 2. The van der Waals surface area contributed by atoms with Crippen LogP contribution in [-0.4, -0.2) is 15.4 Å². The van der Waals surface area contributed by atoms with E-state index in [2.05, 4.69) is 36.2 Å². The molecule has 0 saturated heterocycles. The summed E-state index contributed by atoms with van der Waals surface area (Å²) in [5, 5.41) is 10.7. The third kappa shape index (κ3) is 1.65. The molecule has 0 spiro atoms. The van der Waals surface area contributed by atoms with E-state index in [4.69, 9.17) is 0 Å². The van der Waals surface area contributed by atoms with Crippen molar-refractivity contribution in [1.29, 1.82) is 0 Å². The predicted molar refractivity (Wildman–Crippen MR) is 48.9 cm³/mol. The lowest BCUT2D eigenvalue weighted by molar-refractivity contribution is 0.402. The standard InChI is InChI=1S/C9H17N3/c1-4-6-9(3,5-2)8-7-10-12-11-8/h7H,4-6H2,1-3H3,(H,10,11,12). The Morgan fingerprint density at radius 3 is 2.67 bits per heavy atom. The van der Waals surface area contributed by atoms with Crippen LogP contribution in [0.2, 0.25) is 0 Å². The Kier molecular flexibility index (Phi) is 2.84. The smallest absolute Gasteiger partial charge is 0.0883 e. The first kappa shape index (κ1) is 9.23. The van der Waals surface area contributed by atoms with E-state index in [0.717, 1.165) is 12.1 Å². The zero-order valence-corrected chi connectivity index (χ0v) is 8.09. The highest BCUT2D eigenvalue weighted by Crippen LogP contribution is 2.29. The largest absolute Gasteiger partial charge is 0.198 e. The van der Waals surface area contributed by atoms with E-state index in [1.54, 1.807) is 0 Å². The molecule has 3 heteroatoms. The van der Waals surface area contributed by atoms with Crippen molar-refractivity contribution in [1.82, 2.24) is 15.4 Å². The summed E-state index contributed by atoms with van der Waals surface area (Å²) in [7, 11) is 0. The molecule has 1 heterocycles. The van der Waals surface area contributed by atoms with E-state index < -0.39 is 0 Å². The van der Waals surface area contributed by atoms with Crippen LogP contribution in [0.25, 0.3) is 0 Å². The van der Waals surface area contributed by atoms with E-state index >= 15 is 0 Å². The minimum Gasteiger partial charge on any atom is -0.198 e. The fraction of sp³-hybridized carbons (Fsp3) is 0.778. The molecule has 1 N–H and O–H groups in total. The molecule has 0 aromatic carbocycles. The molecular formula is C9H17N3. The lowest BCUT2D eigenvalue weighted by atomic mass is 9.80. The molecule has 1 rings (SSSR count). The molecule has 0 amide bonds. The van der Waals surface area contributed by atoms with Gasteiger partial charge in [0.25, 0.3) is 0 Å². The topological polar surface area (TPSA) is 41.6 Å². The molecule has 0 saturated carbocycles. The number of H-pyrrole nitrogens is 1. The molecule has 0 aliphatic heterocycles. The Hall–Kier alpha value is -0.860. The van der Waals surface area contributed by atoms with Crippen molar-refractivity contribution in [3.63, 3.8) is 0 Å². The predicted octanol–water partition coefficient (Wildman–Crippen LogP) is 2.27. The number of rotatable bonds is 4. The second kappa shape index (κ2) is 3.70. The fourth-order valence-corrected chi connectivity index (χ4v) is 1.53. The monoisotopic (exact) mass is 167 g/mol. The lowest BCUT2D eigenvalue weighted by Crippen LogP contribution is -2.20. The number of hydrogen-bond acceptors (Lipinski definition) is 2. The van der Waals surface area contributed by atoms with Crippen molar-refractivity contribution in [2.45, 2.75) is 45.4 Å². The number of nitrogens with one attached hydrogen (secondary N) is 1. The maximum Gasteiger partial charge on any atom is 0.0883 e. The van der Waals surface area contributed by atoms with Crippen molar-refractivity contribution in [2.75, 3.05) is 0 Å². The summed E-state index contributed by atoms with van der Waals surface area (Å²) in [6.07, 6.45) is 5.32. The lowest BCUT2D eigenvalue weighted by Gasteiger charge is -2.24. The summed E-state index contributed by atoms with van der Waals surface area (Å²) in [6.45, 7) is 6.65. The molecule has 1 aromatic heterocycles. The Balaban J connectivity index is 2.80. The Morgan fingerprint density at radius 1 is 1.50 bits per heavy atom. The maximum atomic E-state index is 4.14. The van der Waals surface area contributed by atoms with Gasteiger partial charge in [-0.05, 0) is 12.8 Å². The van der Waals surface area contributed by atoms with Gasteiger partial charge in [0.05, 0.1) is 11.9 Å². The third-order valence-corrected chi connectivity index (χ3v) is 2.62. The van der Waals surface area contributed by atoms with Crippen LogP contribution in [0.3, 0.4) is 0 Å². The minimum atomic E-state index is 0.210. The molecule has 1 atom stereocenters. The number of hydrogen-bond donors (Lipinski definition) is 1. The summed E-state index contributed by atoms with van der Waals surface area (Å²) in [6, 6.07) is 0. The van der Waals surface area contributed by atoms with Gasteiger partial charge in [0.1, 0.15) is 0 Å². The van der Waals surface area contributed by atoms with E-state index in [0.29, 0.717) is 0 Å². The van der Waals surface area contributed by atoms with Crippen LogP contribution >= 0.6 is 0 Å². The van der Waals surface area contributed by atoms with Crippen molar-refractivity contribution in [2.24, 2.45) is 0 Å². The van der Waals surface area contributed by atoms with Crippen LogP contribution in [-0.2, 0) is 5.41 Å². The van der Waals surface area contributed by atoms with E-state index in [-0.39, 0.29) is 5.41 Å². The fourth-order valence-electron chi connectivity index (χ4n) is 1.53. The highest BCUT2D eigenvalue weighted by atomic mass is 15.3. The first-order valence-electron chi connectivity index (χ1n) is 4.59. The summed E-state index contributed by atoms with van der Waals surface area (Å²) in [4.78, 5) is 0. The molecule has 68 valence electrons. The van der Waals surface area contributed by atoms with Crippen molar-refractivity contribution in [3.8, 4) is 0 Å². The summed E-state index contributed by atoms with van der Waals surface area (Å²) < 4.78 is 0. The van der Waals surface area contributed by atoms with Crippen molar-refractivity contribution >= 4 is 0 Å². The van der Waals surface area contributed by atoms with Crippen LogP contribution in [0.1, 0.15) is 45.7 Å². The summed E-state index contributed by atoms with van der Waals surface area (Å²) in [5.74, 6) is 0.